The van der Waals surface area contributed by atoms with Crippen LogP contribution in [0.2, 0.25) is 0 Å². The molecule has 0 bridgehead atoms. The summed E-state index contributed by atoms with van der Waals surface area (Å²) in [5.74, 6) is 0.352. The van der Waals surface area contributed by atoms with E-state index in [-0.39, 0.29) is 17.4 Å². The number of hydrogen-bond donors (Lipinski definition) is 1. The molecule has 1 atom stereocenters. The van der Waals surface area contributed by atoms with E-state index in [1.165, 1.54) is 11.9 Å². The Labute approximate surface area is 144 Å². The molecule has 0 fully saturated rings. The van der Waals surface area contributed by atoms with Crippen LogP contribution in [0.5, 0.6) is 0 Å². The number of carbonyl (C=O) groups excluding carboxylic acids is 1. The molecule has 0 aliphatic rings. The van der Waals surface area contributed by atoms with Crippen LogP contribution in [0, 0.1) is 5.92 Å². The molecular weight excluding hydrogens is 300 g/mol. The van der Waals surface area contributed by atoms with Crippen molar-refractivity contribution in [2.75, 3.05) is 0 Å². The lowest BCUT2D eigenvalue weighted by molar-refractivity contribution is -0.122. The summed E-state index contributed by atoms with van der Waals surface area (Å²) in [6, 6.07) is 8.59. The Morgan fingerprint density at radius 3 is 2.38 bits per heavy atom. The molecule has 0 aliphatic carbocycles. The standard InChI is InChI=1S/C19H28N4O/c1-14(2)18(15-6-8-16(9-7-15)19(3,4)5)22-17(24)10-11-23-13-20-12-21-23/h6-9,12-14,18H,10-11H2,1-5H3,(H,22,24)/t18-/m1/s1. The SMILES string of the molecule is CC(C)[C@@H](NC(=O)CCn1cncn1)c1ccc(C(C)(C)C)cc1. The van der Waals surface area contributed by atoms with Crippen molar-refractivity contribution < 1.29 is 4.79 Å². The maximum absolute atomic E-state index is 12.3. The molecule has 0 aliphatic heterocycles. The Bertz CT molecular complexity index is 639. The monoisotopic (exact) mass is 328 g/mol. The minimum absolute atomic E-state index is 0.0160. The van der Waals surface area contributed by atoms with Crippen LogP contribution in [0.15, 0.2) is 36.9 Å². The summed E-state index contributed by atoms with van der Waals surface area (Å²) >= 11 is 0. The van der Waals surface area contributed by atoms with Gasteiger partial charge in [-0.2, -0.15) is 5.10 Å². The van der Waals surface area contributed by atoms with Crippen molar-refractivity contribution in [1.82, 2.24) is 20.1 Å². The molecule has 1 heterocycles. The molecule has 1 N–H and O–H groups in total. The second kappa shape index (κ2) is 7.60. The van der Waals surface area contributed by atoms with Crippen LogP contribution in [0.25, 0.3) is 0 Å². The molecule has 0 unspecified atom stereocenters. The predicted molar refractivity (Wildman–Crippen MR) is 95.5 cm³/mol. The van der Waals surface area contributed by atoms with Gasteiger partial charge in [0.2, 0.25) is 5.91 Å². The maximum Gasteiger partial charge on any atom is 0.222 e. The van der Waals surface area contributed by atoms with Gasteiger partial charge in [-0.15, -0.1) is 0 Å². The molecule has 0 spiro atoms. The molecule has 1 aromatic carbocycles. The van der Waals surface area contributed by atoms with Crippen LogP contribution in [-0.4, -0.2) is 20.7 Å². The van der Waals surface area contributed by atoms with Gasteiger partial charge in [-0.25, -0.2) is 4.98 Å². The van der Waals surface area contributed by atoms with Gasteiger partial charge >= 0.3 is 0 Å². The lowest BCUT2D eigenvalue weighted by Crippen LogP contribution is -2.32. The Hall–Kier alpha value is -2.17. The lowest BCUT2D eigenvalue weighted by atomic mass is 9.85. The quantitative estimate of drug-likeness (QED) is 0.883. The summed E-state index contributed by atoms with van der Waals surface area (Å²) in [4.78, 5) is 16.2. The molecule has 24 heavy (non-hydrogen) atoms. The van der Waals surface area contributed by atoms with Crippen molar-refractivity contribution in [1.29, 1.82) is 0 Å². The van der Waals surface area contributed by atoms with E-state index in [1.807, 2.05) is 0 Å². The third-order valence-electron chi connectivity index (χ3n) is 4.15. The lowest BCUT2D eigenvalue weighted by Gasteiger charge is -2.25. The van der Waals surface area contributed by atoms with Gasteiger partial charge in [0.05, 0.1) is 12.6 Å². The van der Waals surface area contributed by atoms with Crippen LogP contribution in [0.3, 0.4) is 0 Å². The zero-order chi connectivity index (χ0) is 17.7. The number of nitrogens with zero attached hydrogens (tertiary/aromatic N) is 3. The number of rotatable bonds is 6. The molecule has 0 saturated carbocycles. The fourth-order valence-electron chi connectivity index (χ4n) is 2.64. The summed E-state index contributed by atoms with van der Waals surface area (Å²) in [5, 5.41) is 7.17. The second-order valence-electron chi connectivity index (χ2n) is 7.57. The number of benzene rings is 1. The number of aromatic nitrogens is 3. The van der Waals surface area contributed by atoms with Crippen molar-refractivity contribution in [2.45, 2.75) is 59.0 Å². The van der Waals surface area contributed by atoms with Crippen molar-refractivity contribution in [3.05, 3.63) is 48.0 Å². The van der Waals surface area contributed by atoms with E-state index in [1.54, 1.807) is 11.0 Å². The molecule has 1 amide bonds. The third kappa shape index (κ3) is 4.91. The number of aryl methyl sites for hydroxylation is 1. The highest BCUT2D eigenvalue weighted by Gasteiger charge is 2.20. The first-order chi connectivity index (χ1) is 11.3. The topological polar surface area (TPSA) is 59.8 Å². The highest BCUT2D eigenvalue weighted by atomic mass is 16.1. The van der Waals surface area contributed by atoms with Crippen molar-refractivity contribution >= 4 is 5.91 Å². The van der Waals surface area contributed by atoms with Gasteiger partial charge in [0, 0.05) is 6.42 Å². The first-order valence-corrected chi connectivity index (χ1v) is 8.49. The van der Waals surface area contributed by atoms with Gasteiger partial charge in [-0.05, 0) is 22.5 Å². The molecule has 130 valence electrons. The van der Waals surface area contributed by atoms with Crippen LogP contribution < -0.4 is 5.32 Å². The summed E-state index contributed by atoms with van der Waals surface area (Å²) in [6.07, 6.45) is 3.50. The Morgan fingerprint density at radius 2 is 1.88 bits per heavy atom. The van der Waals surface area contributed by atoms with Gasteiger partial charge in [-0.3, -0.25) is 9.48 Å². The number of nitrogens with one attached hydrogen (secondary N) is 1. The molecule has 2 rings (SSSR count). The van der Waals surface area contributed by atoms with Crippen molar-refractivity contribution in [3.8, 4) is 0 Å². The Balaban J connectivity index is 2.02. The Kier molecular flexibility index (Phi) is 5.75. The Morgan fingerprint density at radius 1 is 1.21 bits per heavy atom. The summed E-state index contributed by atoms with van der Waals surface area (Å²) in [5.41, 5.74) is 2.57. The molecule has 1 aromatic heterocycles. The number of carbonyl (C=O) groups is 1. The van der Waals surface area contributed by atoms with E-state index >= 15 is 0 Å². The molecule has 0 saturated heterocycles. The molecular formula is C19H28N4O. The van der Waals surface area contributed by atoms with Gasteiger partial charge in [0.1, 0.15) is 12.7 Å². The van der Waals surface area contributed by atoms with E-state index < -0.39 is 0 Å². The number of amides is 1. The van der Waals surface area contributed by atoms with Crippen LogP contribution in [-0.2, 0) is 16.8 Å². The highest BCUT2D eigenvalue weighted by molar-refractivity contribution is 5.76. The van der Waals surface area contributed by atoms with E-state index in [9.17, 15) is 4.79 Å². The normalized spacial score (nSPS) is 13.1. The minimum Gasteiger partial charge on any atom is -0.349 e. The molecule has 0 radical (unpaired) electrons. The van der Waals surface area contributed by atoms with Crippen LogP contribution >= 0.6 is 0 Å². The molecule has 5 nitrogen and oxygen atoms in total. The van der Waals surface area contributed by atoms with E-state index in [2.05, 4.69) is 74.3 Å². The third-order valence-corrected chi connectivity index (χ3v) is 4.15. The van der Waals surface area contributed by atoms with Crippen LogP contribution in [0.4, 0.5) is 0 Å². The van der Waals surface area contributed by atoms with Crippen LogP contribution in [0.1, 0.15) is 58.2 Å². The van der Waals surface area contributed by atoms with E-state index in [0.717, 1.165) is 5.56 Å². The second-order valence-corrected chi connectivity index (χ2v) is 7.57. The van der Waals surface area contributed by atoms with Crippen molar-refractivity contribution in [3.63, 3.8) is 0 Å². The largest absolute Gasteiger partial charge is 0.349 e. The summed E-state index contributed by atoms with van der Waals surface area (Å²) in [7, 11) is 0. The van der Waals surface area contributed by atoms with Gasteiger partial charge in [0.25, 0.3) is 0 Å². The average Bonchev–Trinajstić information content (AvgIpc) is 3.03. The number of hydrogen-bond acceptors (Lipinski definition) is 3. The fourth-order valence-corrected chi connectivity index (χ4v) is 2.64. The summed E-state index contributed by atoms with van der Waals surface area (Å²) in [6.45, 7) is 11.4. The zero-order valence-electron chi connectivity index (χ0n) is 15.3. The van der Waals surface area contributed by atoms with Gasteiger partial charge < -0.3 is 5.32 Å². The van der Waals surface area contributed by atoms with E-state index in [0.29, 0.717) is 18.9 Å². The zero-order valence-corrected chi connectivity index (χ0v) is 15.3. The first-order valence-electron chi connectivity index (χ1n) is 8.49. The molecule has 2 aromatic rings. The van der Waals surface area contributed by atoms with Gasteiger partial charge in [0.15, 0.2) is 0 Å². The van der Waals surface area contributed by atoms with Gasteiger partial charge in [-0.1, -0.05) is 58.9 Å². The van der Waals surface area contributed by atoms with Crippen molar-refractivity contribution in [2.24, 2.45) is 5.92 Å². The molecule has 5 heteroatoms. The smallest absolute Gasteiger partial charge is 0.222 e. The predicted octanol–water partition coefficient (Wildman–Crippen LogP) is 3.48. The van der Waals surface area contributed by atoms with E-state index in [4.69, 9.17) is 0 Å². The average molecular weight is 328 g/mol. The first kappa shape index (κ1) is 18.2. The minimum atomic E-state index is 0.0160. The maximum atomic E-state index is 12.3. The summed E-state index contributed by atoms with van der Waals surface area (Å²) < 4.78 is 1.67. The highest BCUT2D eigenvalue weighted by Crippen LogP contribution is 2.26. The fraction of sp³-hybridized carbons (Fsp3) is 0.526.